The summed E-state index contributed by atoms with van der Waals surface area (Å²) in [5, 5.41) is 3.61. The molecular formula is C15H22N2O. The van der Waals surface area contributed by atoms with Crippen LogP contribution in [0, 0.1) is 5.92 Å². The molecule has 3 heteroatoms. The van der Waals surface area contributed by atoms with Crippen LogP contribution in [0.25, 0.3) is 0 Å². The Morgan fingerprint density at radius 2 is 2.17 bits per heavy atom. The molecule has 2 rings (SSSR count). The van der Waals surface area contributed by atoms with Crippen LogP contribution in [0.1, 0.15) is 38.2 Å². The van der Waals surface area contributed by atoms with Gasteiger partial charge in [0.1, 0.15) is 0 Å². The molecule has 1 aliphatic carbocycles. The number of carbonyl (C=O) groups is 1. The van der Waals surface area contributed by atoms with Crippen LogP contribution in [-0.4, -0.2) is 11.9 Å². The van der Waals surface area contributed by atoms with Crippen molar-refractivity contribution in [2.75, 3.05) is 5.32 Å². The molecule has 0 bridgehead atoms. The summed E-state index contributed by atoms with van der Waals surface area (Å²) < 4.78 is 0. The highest BCUT2D eigenvalue weighted by Crippen LogP contribution is 2.31. The molecule has 0 aromatic heterocycles. The Balaban J connectivity index is 2.10. The number of hydrogen-bond donors (Lipinski definition) is 2. The van der Waals surface area contributed by atoms with Crippen LogP contribution in [-0.2, 0) is 11.2 Å². The number of amides is 1. The Bertz CT molecular complexity index is 417. The summed E-state index contributed by atoms with van der Waals surface area (Å²) in [6.45, 7) is 2.25. The number of anilines is 1. The molecule has 98 valence electrons. The van der Waals surface area contributed by atoms with Gasteiger partial charge in [0, 0.05) is 11.7 Å². The first-order valence-corrected chi connectivity index (χ1v) is 6.83. The highest BCUT2D eigenvalue weighted by Gasteiger charge is 2.25. The summed E-state index contributed by atoms with van der Waals surface area (Å²) in [6, 6.07) is 8.52. The maximum atomic E-state index is 11.1. The number of carbonyl (C=O) groups excluding carboxylic acids is 1. The molecule has 1 aromatic carbocycles. The molecule has 3 nitrogen and oxygen atoms in total. The van der Waals surface area contributed by atoms with E-state index in [1.807, 2.05) is 24.3 Å². The van der Waals surface area contributed by atoms with Gasteiger partial charge in [0.05, 0.1) is 6.42 Å². The van der Waals surface area contributed by atoms with Gasteiger partial charge in [-0.15, -0.1) is 0 Å². The van der Waals surface area contributed by atoms with E-state index in [0.717, 1.165) is 17.2 Å². The molecule has 0 saturated heterocycles. The van der Waals surface area contributed by atoms with Gasteiger partial charge in [-0.25, -0.2) is 0 Å². The molecule has 1 aromatic rings. The van der Waals surface area contributed by atoms with Gasteiger partial charge in [-0.3, -0.25) is 4.79 Å². The summed E-state index contributed by atoms with van der Waals surface area (Å²) in [7, 11) is 0. The van der Waals surface area contributed by atoms with Gasteiger partial charge in [-0.1, -0.05) is 38.0 Å². The number of benzene rings is 1. The van der Waals surface area contributed by atoms with Gasteiger partial charge in [-0.05, 0) is 30.4 Å². The zero-order valence-electron chi connectivity index (χ0n) is 11.0. The number of primary amides is 1. The fraction of sp³-hybridized carbons (Fsp3) is 0.533. The molecule has 3 N–H and O–H groups in total. The standard InChI is InChI=1S/C15H22N2O/c1-2-11-7-5-9-13(11)17-14-8-4-3-6-12(14)10-15(16)18/h3-4,6,8,11,13,17H,2,5,7,9-10H2,1H3,(H2,16,18). The molecule has 2 unspecified atom stereocenters. The summed E-state index contributed by atoms with van der Waals surface area (Å²) >= 11 is 0. The van der Waals surface area contributed by atoms with Crippen molar-refractivity contribution in [3.63, 3.8) is 0 Å². The van der Waals surface area contributed by atoms with Gasteiger partial charge in [0.2, 0.25) is 5.91 Å². The second-order valence-electron chi connectivity index (χ2n) is 5.15. The second kappa shape index (κ2) is 5.89. The van der Waals surface area contributed by atoms with Crippen molar-refractivity contribution in [3.05, 3.63) is 29.8 Å². The van der Waals surface area contributed by atoms with E-state index in [4.69, 9.17) is 5.73 Å². The van der Waals surface area contributed by atoms with Crippen molar-refractivity contribution in [3.8, 4) is 0 Å². The third kappa shape index (κ3) is 3.03. The van der Waals surface area contributed by atoms with Crippen molar-refractivity contribution in [1.29, 1.82) is 0 Å². The van der Waals surface area contributed by atoms with Gasteiger partial charge >= 0.3 is 0 Å². The van der Waals surface area contributed by atoms with E-state index in [9.17, 15) is 4.79 Å². The fourth-order valence-corrected chi connectivity index (χ4v) is 2.92. The summed E-state index contributed by atoms with van der Waals surface area (Å²) in [6.07, 6.45) is 5.37. The molecule has 1 amide bonds. The van der Waals surface area contributed by atoms with Crippen LogP contribution < -0.4 is 11.1 Å². The SMILES string of the molecule is CCC1CCCC1Nc1ccccc1CC(N)=O. The number of para-hydroxylation sites is 1. The largest absolute Gasteiger partial charge is 0.382 e. The Hall–Kier alpha value is -1.51. The van der Waals surface area contributed by atoms with Gasteiger partial charge < -0.3 is 11.1 Å². The Kier molecular flexibility index (Phi) is 4.24. The second-order valence-corrected chi connectivity index (χ2v) is 5.15. The Morgan fingerprint density at radius 3 is 2.89 bits per heavy atom. The topological polar surface area (TPSA) is 55.1 Å². The van der Waals surface area contributed by atoms with E-state index >= 15 is 0 Å². The predicted octanol–water partition coefficient (Wildman–Crippen LogP) is 2.71. The first-order chi connectivity index (χ1) is 8.70. The van der Waals surface area contributed by atoms with Crippen LogP contribution in [0.4, 0.5) is 5.69 Å². The number of nitrogens with one attached hydrogen (secondary N) is 1. The van der Waals surface area contributed by atoms with Crippen LogP contribution in [0.5, 0.6) is 0 Å². The maximum Gasteiger partial charge on any atom is 0.221 e. The maximum absolute atomic E-state index is 11.1. The predicted molar refractivity (Wildman–Crippen MR) is 74.4 cm³/mol. The molecule has 1 aliphatic rings. The van der Waals surface area contributed by atoms with Gasteiger partial charge in [-0.2, -0.15) is 0 Å². The average molecular weight is 246 g/mol. The lowest BCUT2D eigenvalue weighted by Crippen LogP contribution is -2.24. The Labute approximate surface area is 109 Å². The third-order valence-electron chi connectivity index (χ3n) is 3.91. The van der Waals surface area contributed by atoms with Crippen LogP contribution in [0.3, 0.4) is 0 Å². The minimum absolute atomic E-state index is 0.275. The van der Waals surface area contributed by atoms with Crippen molar-refractivity contribution >= 4 is 11.6 Å². The summed E-state index contributed by atoms with van der Waals surface area (Å²) in [5.41, 5.74) is 7.37. The third-order valence-corrected chi connectivity index (χ3v) is 3.91. The minimum atomic E-state index is -0.275. The van der Waals surface area contributed by atoms with E-state index in [-0.39, 0.29) is 5.91 Å². The quantitative estimate of drug-likeness (QED) is 0.839. The van der Waals surface area contributed by atoms with Crippen molar-refractivity contribution in [1.82, 2.24) is 0 Å². The molecular weight excluding hydrogens is 224 g/mol. The van der Waals surface area contributed by atoms with E-state index < -0.39 is 0 Å². The normalized spacial score (nSPS) is 22.9. The Morgan fingerprint density at radius 1 is 1.39 bits per heavy atom. The lowest BCUT2D eigenvalue weighted by molar-refractivity contribution is -0.117. The van der Waals surface area contributed by atoms with Gasteiger partial charge in [0.15, 0.2) is 0 Å². The van der Waals surface area contributed by atoms with Crippen LogP contribution in [0.2, 0.25) is 0 Å². The van der Waals surface area contributed by atoms with Crippen LogP contribution >= 0.6 is 0 Å². The first kappa shape index (κ1) is 12.9. The molecule has 0 radical (unpaired) electrons. The summed E-state index contributed by atoms with van der Waals surface area (Å²) in [4.78, 5) is 11.1. The zero-order valence-corrected chi connectivity index (χ0v) is 11.0. The zero-order chi connectivity index (χ0) is 13.0. The number of hydrogen-bond acceptors (Lipinski definition) is 2. The first-order valence-electron chi connectivity index (χ1n) is 6.83. The minimum Gasteiger partial charge on any atom is -0.382 e. The molecule has 0 aliphatic heterocycles. The van der Waals surface area contributed by atoms with E-state index in [2.05, 4.69) is 12.2 Å². The van der Waals surface area contributed by atoms with Gasteiger partial charge in [0.25, 0.3) is 0 Å². The molecule has 1 saturated carbocycles. The molecule has 0 heterocycles. The van der Waals surface area contributed by atoms with Crippen molar-refractivity contribution in [2.45, 2.75) is 45.1 Å². The average Bonchev–Trinajstić information content (AvgIpc) is 2.78. The number of nitrogens with two attached hydrogens (primary N) is 1. The van der Waals surface area contributed by atoms with E-state index in [1.165, 1.54) is 25.7 Å². The lowest BCUT2D eigenvalue weighted by Gasteiger charge is -2.22. The highest BCUT2D eigenvalue weighted by atomic mass is 16.1. The molecule has 0 spiro atoms. The number of rotatable bonds is 5. The fourth-order valence-electron chi connectivity index (χ4n) is 2.92. The highest BCUT2D eigenvalue weighted by molar-refractivity contribution is 5.78. The monoisotopic (exact) mass is 246 g/mol. The lowest BCUT2D eigenvalue weighted by atomic mass is 9.99. The van der Waals surface area contributed by atoms with Crippen LogP contribution in [0.15, 0.2) is 24.3 Å². The van der Waals surface area contributed by atoms with Crippen molar-refractivity contribution in [2.24, 2.45) is 11.7 Å². The smallest absolute Gasteiger partial charge is 0.221 e. The summed E-state index contributed by atoms with van der Waals surface area (Å²) in [5.74, 6) is 0.481. The molecule has 1 fully saturated rings. The van der Waals surface area contributed by atoms with Crippen molar-refractivity contribution < 1.29 is 4.79 Å². The van der Waals surface area contributed by atoms with E-state index in [1.54, 1.807) is 0 Å². The van der Waals surface area contributed by atoms with E-state index in [0.29, 0.717) is 12.5 Å². The molecule has 2 atom stereocenters. The molecule has 18 heavy (non-hydrogen) atoms.